The molecular formula is C19H21N5OS. The Bertz CT molecular complexity index is 1010. The first-order valence-electron chi connectivity index (χ1n) is 9.09. The Labute approximate surface area is 155 Å². The van der Waals surface area contributed by atoms with Crippen molar-refractivity contribution in [1.82, 2.24) is 19.9 Å². The van der Waals surface area contributed by atoms with E-state index in [-0.39, 0.29) is 5.91 Å². The number of hydrogen-bond donors (Lipinski definition) is 1. The standard InChI is InChI=1S/C19H21N5OS/c1-11-7-17(22-24-9-12(2)21-18(11)24)23-10-16-14(19(23)25)8-15(26-16)13-3-5-20-6-4-13/h7-9,13,20H,3-6,10H2,1-2H3. The summed E-state index contributed by atoms with van der Waals surface area (Å²) < 4.78 is 1.78. The molecule has 0 aromatic carbocycles. The van der Waals surface area contributed by atoms with Crippen LogP contribution in [-0.2, 0) is 6.54 Å². The van der Waals surface area contributed by atoms with Gasteiger partial charge in [-0.15, -0.1) is 16.4 Å². The van der Waals surface area contributed by atoms with Crippen LogP contribution in [0, 0.1) is 13.8 Å². The maximum atomic E-state index is 13.0. The van der Waals surface area contributed by atoms with Crippen LogP contribution in [0.5, 0.6) is 0 Å². The highest BCUT2D eigenvalue weighted by Gasteiger charge is 2.33. The summed E-state index contributed by atoms with van der Waals surface area (Å²) in [5.41, 5.74) is 3.67. The second kappa shape index (κ2) is 5.89. The van der Waals surface area contributed by atoms with Crippen LogP contribution in [0.1, 0.15) is 50.1 Å². The number of aryl methyl sites for hydroxylation is 2. The van der Waals surface area contributed by atoms with Gasteiger partial charge in [-0.2, -0.15) is 0 Å². The van der Waals surface area contributed by atoms with E-state index in [2.05, 4.69) is 21.5 Å². The van der Waals surface area contributed by atoms with Gasteiger partial charge in [0.1, 0.15) is 0 Å². The minimum atomic E-state index is 0.0690. The van der Waals surface area contributed by atoms with Crippen LogP contribution < -0.4 is 10.2 Å². The van der Waals surface area contributed by atoms with Crippen molar-refractivity contribution in [2.24, 2.45) is 0 Å². The largest absolute Gasteiger partial charge is 0.317 e. The number of hydrogen-bond acceptors (Lipinski definition) is 5. The number of amides is 1. The zero-order valence-corrected chi connectivity index (χ0v) is 15.8. The van der Waals surface area contributed by atoms with E-state index in [0.717, 1.165) is 48.4 Å². The number of imidazole rings is 1. The summed E-state index contributed by atoms with van der Waals surface area (Å²) in [5.74, 6) is 1.36. The third-order valence-corrected chi connectivity index (χ3v) is 6.62. The first-order chi connectivity index (χ1) is 12.6. The van der Waals surface area contributed by atoms with E-state index in [1.165, 1.54) is 9.75 Å². The highest BCUT2D eigenvalue weighted by Crippen LogP contribution is 2.39. The third kappa shape index (κ3) is 2.46. The molecule has 0 atom stereocenters. The lowest BCUT2D eigenvalue weighted by Gasteiger charge is -2.21. The van der Waals surface area contributed by atoms with Gasteiger partial charge in [-0.3, -0.25) is 9.69 Å². The summed E-state index contributed by atoms with van der Waals surface area (Å²) in [6.07, 6.45) is 4.22. The van der Waals surface area contributed by atoms with Gasteiger partial charge in [0, 0.05) is 9.75 Å². The molecule has 0 spiro atoms. The van der Waals surface area contributed by atoms with Gasteiger partial charge in [0.15, 0.2) is 11.5 Å². The van der Waals surface area contributed by atoms with Crippen LogP contribution in [0.25, 0.3) is 5.65 Å². The summed E-state index contributed by atoms with van der Waals surface area (Å²) >= 11 is 1.81. The zero-order valence-electron chi connectivity index (χ0n) is 15.0. The van der Waals surface area contributed by atoms with Crippen molar-refractivity contribution in [3.8, 4) is 0 Å². The summed E-state index contributed by atoms with van der Waals surface area (Å²) in [5, 5.41) is 8.03. The van der Waals surface area contributed by atoms with Crippen LogP contribution in [0.3, 0.4) is 0 Å². The molecule has 1 saturated heterocycles. The Hall–Kier alpha value is -2.25. The number of carbonyl (C=O) groups excluding carboxylic acids is 1. The van der Waals surface area contributed by atoms with Gasteiger partial charge in [0.05, 0.1) is 24.0 Å². The van der Waals surface area contributed by atoms with Gasteiger partial charge in [-0.25, -0.2) is 9.50 Å². The van der Waals surface area contributed by atoms with Crippen molar-refractivity contribution < 1.29 is 4.79 Å². The normalized spacial score (nSPS) is 18.1. The van der Waals surface area contributed by atoms with E-state index in [9.17, 15) is 4.79 Å². The molecule has 0 saturated carbocycles. The maximum absolute atomic E-state index is 13.0. The molecule has 0 aliphatic carbocycles. The minimum Gasteiger partial charge on any atom is -0.317 e. The Morgan fingerprint density at radius 3 is 2.81 bits per heavy atom. The molecule has 1 N–H and O–H groups in total. The van der Waals surface area contributed by atoms with Crippen LogP contribution in [0.2, 0.25) is 0 Å². The molecule has 3 aromatic rings. The smallest absolute Gasteiger partial charge is 0.261 e. The fourth-order valence-electron chi connectivity index (χ4n) is 3.96. The number of fused-ring (bicyclic) bond motifs is 2. The lowest BCUT2D eigenvalue weighted by Crippen LogP contribution is -2.27. The summed E-state index contributed by atoms with van der Waals surface area (Å²) in [7, 11) is 0. The Morgan fingerprint density at radius 2 is 2.04 bits per heavy atom. The van der Waals surface area contributed by atoms with Crippen molar-refractivity contribution in [3.05, 3.63) is 44.9 Å². The van der Waals surface area contributed by atoms with E-state index in [1.807, 2.05) is 26.1 Å². The summed E-state index contributed by atoms with van der Waals surface area (Å²) in [4.78, 5) is 21.8. The average molecular weight is 367 g/mol. The van der Waals surface area contributed by atoms with Crippen molar-refractivity contribution in [1.29, 1.82) is 0 Å². The topological polar surface area (TPSA) is 62.5 Å². The quantitative estimate of drug-likeness (QED) is 0.756. The van der Waals surface area contributed by atoms with Gasteiger partial charge >= 0.3 is 0 Å². The number of rotatable bonds is 2. The first-order valence-corrected chi connectivity index (χ1v) is 9.90. The fraction of sp³-hybridized carbons (Fsp3) is 0.421. The van der Waals surface area contributed by atoms with Crippen LogP contribution in [0.4, 0.5) is 5.82 Å². The van der Waals surface area contributed by atoms with E-state index in [1.54, 1.807) is 20.8 Å². The Balaban J connectivity index is 1.46. The summed E-state index contributed by atoms with van der Waals surface area (Å²) in [6.45, 7) is 6.73. The second-order valence-electron chi connectivity index (χ2n) is 7.24. The van der Waals surface area contributed by atoms with Gasteiger partial charge in [0.25, 0.3) is 5.91 Å². The maximum Gasteiger partial charge on any atom is 0.261 e. The highest BCUT2D eigenvalue weighted by molar-refractivity contribution is 7.12. The number of nitrogens with zero attached hydrogens (tertiary/aromatic N) is 4. The molecule has 0 radical (unpaired) electrons. The molecule has 2 aliphatic rings. The third-order valence-electron chi connectivity index (χ3n) is 5.34. The highest BCUT2D eigenvalue weighted by atomic mass is 32.1. The van der Waals surface area contributed by atoms with E-state index in [0.29, 0.717) is 18.3 Å². The molecule has 5 heterocycles. The van der Waals surface area contributed by atoms with E-state index >= 15 is 0 Å². The first kappa shape index (κ1) is 16.0. The molecule has 26 heavy (non-hydrogen) atoms. The fourth-order valence-corrected chi connectivity index (χ4v) is 5.27. The van der Waals surface area contributed by atoms with Crippen LogP contribution in [-0.4, -0.2) is 33.6 Å². The SMILES string of the molecule is Cc1cn2nc(N3Cc4sc(C5CCNCC5)cc4C3=O)cc(C)c2n1. The van der Waals surface area contributed by atoms with Crippen molar-refractivity contribution in [2.75, 3.05) is 18.0 Å². The Kier molecular flexibility index (Phi) is 3.62. The summed E-state index contributed by atoms with van der Waals surface area (Å²) in [6, 6.07) is 4.09. The van der Waals surface area contributed by atoms with E-state index in [4.69, 9.17) is 0 Å². The van der Waals surface area contributed by atoms with Crippen LogP contribution in [0.15, 0.2) is 18.3 Å². The van der Waals surface area contributed by atoms with Crippen molar-refractivity contribution in [3.63, 3.8) is 0 Å². The van der Waals surface area contributed by atoms with E-state index < -0.39 is 0 Å². The van der Waals surface area contributed by atoms with Gasteiger partial charge < -0.3 is 5.32 Å². The van der Waals surface area contributed by atoms with Gasteiger partial charge in [0.2, 0.25) is 0 Å². The predicted octanol–water partition coefficient (Wildman–Crippen LogP) is 3.04. The molecule has 0 bridgehead atoms. The Morgan fingerprint density at radius 1 is 1.23 bits per heavy atom. The van der Waals surface area contributed by atoms with Crippen LogP contribution >= 0.6 is 11.3 Å². The number of thiophene rings is 1. The monoisotopic (exact) mass is 367 g/mol. The molecule has 134 valence electrons. The molecule has 1 amide bonds. The zero-order chi connectivity index (χ0) is 17.8. The predicted molar refractivity (Wildman–Crippen MR) is 102 cm³/mol. The molecular weight excluding hydrogens is 346 g/mol. The second-order valence-corrected chi connectivity index (χ2v) is 8.41. The lowest BCUT2D eigenvalue weighted by molar-refractivity contribution is 0.0995. The minimum absolute atomic E-state index is 0.0690. The number of nitrogens with one attached hydrogen (secondary N) is 1. The number of piperidine rings is 1. The molecule has 3 aromatic heterocycles. The molecule has 7 heteroatoms. The molecule has 2 aliphatic heterocycles. The molecule has 1 fully saturated rings. The van der Waals surface area contributed by atoms with Crippen molar-refractivity contribution in [2.45, 2.75) is 39.2 Å². The van der Waals surface area contributed by atoms with Crippen molar-refractivity contribution >= 4 is 28.7 Å². The number of aromatic nitrogens is 3. The molecule has 5 rings (SSSR count). The molecule has 6 nitrogen and oxygen atoms in total. The average Bonchev–Trinajstić information content (AvgIpc) is 3.30. The van der Waals surface area contributed by atoms with Gasteiger partial charge in [-0.1, -0.05) is 0 Å². The number of carbonyl (C=O) groups is 1. The number of anilines is 1. The molecule has 0 unspecified atom stereocenters. The lowest BCUT2D eigenvalue weighted by atomic mass is 9.96. The van der Waals surface area contributed by atoms with Gasteiger partial charge in [-0.05, 0) is 63.4 Å².